The lowest BCUT2D eigenvalue weighted by atomic mass is 10.1. The number of benzene rings is 2. The van der Waals surface area contributed by atoms with Crippen LogP contribution in [0.2, 0.25) is 0 Å². The minimum absolute atomic E-state index is 0.835. The van der Waals surface area contributed by atoms with E-state index in [1.54, 1.807) is 6.20 Å². The maximum Gasteiger partial charge on any atom is 0.154 e. The Bertz CT molecular complexity index is 895. The second-order valence-corrected chi connectivity index (χ2v) is 5.17. The van der Waals surface area contributed by atoms with Crippen molar-refractivity contribution in [2.24, 2.45) is 0 Å². The van der Waals surface area contributed by atoms with Crippen LogP contribution >= 0.6 is 15.9 Å². The first-order chi connectivity index (χ1) is 8.83. The highest BCUT2D eigenvalue weighted by atomic mass is 79.9. The van der Waals surface area contributed by atoms with Gasteiger partial charge in [-0.3, -0.25) is 4.98 Å². The van der Waals surface area contributed by atoms with E-state index >= 15 is 0 Å². The van der Waals surface area contributed by atoms with Crippen molar-refractivity contribution in [1.29, 1.82) is 0 Å². The first-order valence-corrected chi connectivity index (χ1v) is 6.48. The van der Waals surface area contributed by atoms with E-state index < -0.39 is 0 Å². The van der Waals surface area contributed by atoms with Crippen LogP contribution in [-0.2, 0) is 0 Å². The molecule has 3 heteroatoms. The fourth-order valence-corrected chi connectivity index (χ4v) is 2.74. The molecule has 0 atom stereocenters. The zero-order valence-corrected chi connectivity index (χ0v) is 10.9. The third-order valence-electron chi connectivity index (χ3n) is 3.17. The summed E-state index contributed by atoms with van der Waals surface area (Å²) in [6, 6.07) is 14.2. The number of hydrogen-bond acceptors (Lipinski definition) is 2. The minimum Gasteiger partial charge on any atom is -0.454 e. The van der Waals surface area contributed by atoms with Crippen LogP contribution in [0.25, 0.3) is 32.8 Å². The summed E-state index contributed by atoms with van der Waals surface area (Å²) >= 11 is 3.51. The van der Waals surface area contributed by atoms with Gasteiger partial charge < -0.3 is 4.42 Å². The standard InChI is InChI=1S/C15H8BrNO/c16-9-5-6-12-11(7-9)15-10-3-1-2-4-13(10)18-14(15)8-17-12/h1-8H. The summed E-state index contributed by atoms with van der Waals surface area (Å²) < 4.78 is 6.87. The lowest BCUT2D eigenvalue weighted by Crippen LogP contribution is -1.79. The zero-order valence-electron chi connectivity index (χ0n) is 9.35. The van der Waals surface area contributed by atoms with Gasteiger partial charge in [-0.1, -0.05) is 34.1 Å². The first kappa shape index (κ1) is 10.1. The highest BCUT2D eigenvalue weighted by molar-refractivity contribution is 9.10. The summed E-state index contributed by atoms with van der Waals surface area (Å²) in [5.41, 5.74) is 2.72. The molecule has 0 amide bonds. The summed E-state index contributed by atoms with van der Waals surface area (Å²) in [5.74, 6) is 0. The molecule has 2 aromatic carbocycles. The maximum absolute atomic E-state index is 5.82. The molecule has 2 heterocycles. The third-order valence-corrected chi connectivity index (χ3v) is 3.66. The fourth-order valence-electron chi connectivity index (χ4n) is 2.38. The van der Waals surface area contributed by atoms with Crippen molar-refractivity contribution in [1.82, 2.24) is 4.98 Å². The normalized spacial score (nSPS) is 11.6. The number of halogens is 1. The van der Waals surface area contributed by atoms with E-state index in [1.807, 2.05) is 30.3 Å². The number of hydrogen-bond donors (Lipinski definition) is 0. The number of nitrogens with zero attached hydrogens (tertiary/aromatic N) is 1. The van der Waals surface area contributed by atoms with Gasteiger partial charge in [0, 0.05) is 20.6 Å². The molecule has 0 spiro atoms. The van der Waals surface area contributed by atoms with Crippen molar-refractivity contribution in [3.05, 3.63) is 53.1 Å². The second kappa shape index (κ2) is 3.56. The van der Waals surface area contributed by atoms with Crippen LogP contribution in [0.4, 0.5) is 0 Å². The average molecular weight is 298 g/mol. The van der Waals surface area contributed by atoms with Crippen LogP contribution in [-0.4, -0.2) is 4.98 Å². The number of para-hydroxylation sites is 1. The van der Waals surface area contributed by atoms with Crippen molar-refractivity contribution in [2.75, 3.05) is 0 Å². The third kappa shape index (κ3) is 1.31. The van der Waals surface area contributed by atoms with Crippen molar-refractivity contribution in [2.45, 2.75) is 0 Å². The van der Waals surface area contributed by atoms with Crippen LogP contribution in [0, 0.1) is 0 Å². The quantitative estimate of drug-likeness (QED) is 0.461. The molecule has 0 saturated heterocycles. The molecular weight excluding hydrogens is 290 g/mol. The van der Waals surface area contributed by atoms with Gasteiger partial charge >= 0.3 is 0 Å². The Labute approximate surface area is 111 Å². The second-order valence-electron chi connectivity index (χ2n) is 4.26. The average Bonchev–Trinajstić information content (AvgIpc) is 2.77. The minimum atomic E-state index is 0.835. The molecule has 2 nitrogen and oxygen atoms in total. The van der Waals surface area contributed by atoms with E-state index in [2.05, 4.69) is 33.0 Å². The molecule has 0 aliphatic rings. The van der Waals surface area contributed by atoms with Crippen molar-refractivity contribution >= 4 is 48.8 Å². The van der Waals surface area contributed by atoms with Gasteiger partial charge in [0.1, 0.15) is 5.58 Å². The first-order valence-electron chi connectivity index (χ1n) is 5.68. The van der Waals surface area contributed by atoms with Crippen LogP contribution in [0.3, 0.4) is 0 Å². The van der Waals surface area contributed by atoms with Crippen molar-refractivity contribution in [3.8, 4) is 0 Å². The molecule has 0 fully saturated rings. The fraction of sp³-hybridized carbons (Fsp3) is 0. The lowest BCUT2D eigenvalue weighted by Gasteiger charge is -1.99. The topological polar surface area (TPSA) is 26.0 Å². The SMILES string of the molecule is Brc1ccc2ncc3oc4ccccc4c3c2c1. The summed E-state index contributed by atoms with van der Waals surface area (Å²) in [5, 5.41) is 3.39. The van der Waals surface area contributed by atoms with Gasteiger partial charge in [0.2, 0.25) is 0 Å². The number of aromatic nitrogens is 1. The zero-order chi connectivity index (χ0) is 12.1. The molecule has 2 aromatic heterocycles. The molecule has 0 radical (unpaired) electrons. The predicted octanol–water partition coefficient (Wildman–Crippen LogP) is 4.90. The van der Waals surface area contributed by atoms with Gasteiger partial charge in [-0.15, -0.1) is 0 Å². The Kier molecular flexibility index (Phi) is 2.00. The summed E-state index contributed by atoms with van der Waals surface area (Å²) in [6.07, 6.45) is 1.80. The van der Waals surface area contributed by atoms with Crippen LogP contribution < -0.4 is 0 Å². The van der Waals surface area contributed by atoms with E-state index in [1.165, 1.54) is 0 Å². The van der Waals surface area contributed by atoms with E-state index in [0.29, 0.717) is 0 Å². The lowest BCUT2D eigenvalue weighted by molar-refractivity contribution is 0.667. The van der Waals surface area contributed by atoms with Crippen molar-refractivity contribution < 1.29 is 4.42 Å². The highest BCUT2D eigenvalue weighted by Crippen LogP contribution is 2.34. The Morgan fingerprint density at radius 1 is 0.944 bits per heavy atom. The van der Waals surface area contributed by atoms with Gasteiger partial charge in [-0.05, 0) is 24.3 Å². The summed E-state index contributed by atoms with van der Waals surface area (Å²) in [4.78, 5) is 4.43. The molecule has 4 aromatic rings. The molecule has 0 N–H and O–H groups in total. The number of pyridine rings is 1. The van der Waals surface area contributed by atoms with E-state index in [9.17, 15) is 0 Å². The maximum atomic E-state index is 5.82. The smallest absolute Gasteiger partial charge is 0.154 e. The molecule has 18 heavy (non-hydrogen) atoms. The largest absolute Gasteiger partial charge is 0.454 e. The van der Waals surface area contributed by atoms with Crippen LogP contribution in [0.5, 0.6) is 0 Å². The van der Waals surface area contributed by atoms with E-state index in [-0.39, 0.29) is 0 Å². The monoisotopic (exact) mass is 297 g/mol. The summed E-state index contributed by atoms with van der Waals surface area (Å²) in [6.45, 7) is 0. The number of rotatable bonds is 0. The van der Waals surface area contributed by atoms with Gasteiger partial charge in [0.05, 0.1) is 11.7 Å². The Morgan fingerprint density at radius 2 is 1.83 bits per heavy atom. The van der Waals surface area contributed by atoms with E-state index in [0.717, 1.165) is 37.3 Å². The van der Waals surface area contributed by atoms with Crippen LogP contribution in [0.15, 0.2) is 57.6 Å². The molecule has 86 valence electrons. The molecule has 0 unspecified atom stereocenters. The Balaban J connectivity index is 2.35. The van der Waals surface area contributed by atoms with Gasteiger partial charge in [-0.2, -0.15) is 0 Å². The van der Waals surface area contributed by atoms with Gasteiger partial charge in [-0.25, -0.2) is 0 Å². The highest BCUT2D eigenvalue weighted by Gasteiger charge is 2.10. The molecule has 0 saturated carbocycles. The molecule has 0 bridgehead atoms. The number of furan rings is 1. The molecule has 0 aliphatic heterocycles. The molecule has 0 aliphatic carbocycles. The van der Waals surface area contributed by atoms with Gasteiger partial charge in [0.15, 0.2) is 5.58 Å². The summed E-state index contributed by atoms with van der Waals surface area (Å²) in [7, 11) is 0. The molecule has 4 rings (SSSR count). The van der Waals surface area contributed by atoms with E-state index in [4.69, 9.17) is 4.42 Å². The van der Waals surface area contributed by atoms with Crippen molar-refractivity contribution in [3.63, 3.8) is 0 Å². The van der Waals surface area contributed by atoms with Crippen LogP contribution in [0.1, 0.15) is 0 Å². The molecular formula is C15H8BrNO. The Hall–Kier alpha value is -1.87. The van der Waals surface area contributed by atoms with Gasteiger partial charge in [0.25, 0.3) is 0 Å². The predicted molar refractivity (Wildman–Crippen MR) is 76.7 cm³/mol. The Morgan fingerprint density at radius 3 is 2.78 bits per heavy atom. The number of fused-ring (bicyclic) bond motifs is 5.